The van der Waals surface area contributed by atoms with Gasteiger partial charge < -0.3 is 4.74 Å². The van der Waals surface area contributed by atoms with Crippen LogP contribution in [0.5, 0.6) is 5.75 Å². The van der Waals surface area contributed by atoms with Crippen molar-refractivity contribution in [2.45, 2.75) is 51.1 Å². The van der Waals surface area contributed by atoms with E-state index in [1.54, 1.807) is 0 Å². The first kappa shape index (κ1) is 14.9. The number of hydrogen-bond donors (Lipinski definition) is 0. The van der Waals surface area contributed by atoms with Gasteiger partial charge in [0.2, 0.25) is 0 Å². The van der Waals surface area contributed by atoms with E-state index < -0.39 is 0 Å². The highest BCUT2D eigenvalue weighted by molar-refractivity contribution is 5.31. The Morgan fingerprint density at radius 1 is 1.25 bits per heavy atom. The zero-order valence-corrected chi connectivity index (χ0v) is 12.5. The number of hydrogen-bond acceptors (Lipinski definition) is 3. The molecule has 3 heteroatoms. The van der Waals surface area contributed by atoms with E-state index in [2.05, 4.69) is 18.0 Å². The fourth-order valence-electron chi connectivity index (χ4n) is 3.01. The Bertz CT molecular complexity index is 443. The lowest BCUT2D eigenvalue weighted by Crippen LogP contribution is -2.36. The molecule has 1 fully saturated rings. The molecule has 108 valence electrons. The number of nitrogens with zero attached hydrogens (tertiary/aromatic N) is 2. The summed E-state index contributed by atoms with van der Waals surface area (Å²) >= 11 is 0. The zero-order valence-electron chi connectivity index (χ0n) is 12.5. The van der Waals surface area contributed by atoms with E-state index in [9.17, 15) is 5.26 Å². The third-order valence-electron chi connectivity index (χ3n) is 4.19. The van der Waals surface area contributed by atoms with Gasteiger partial charge in [0.15, 0.2) is 0 Å². The van der Waals surface area contributed by atoms with Gasteiger partial charge in [0.25, 0.3) is 0 Å². The van der Waals surface area contributed by atoms with Gasteiger partial charge in [-0.15, -0.1) is 0 Å². The second-order valence-electron chi connectivity index (χ2n) is 5.49. The lowest BCUT2D eigenvalue weighted by Gasteiger charge is -2.34. The van der Waals surface area contributed by atoms with E-state index in [4.69, 9.17) is 4.74 Å². The molecule has 0 aliphatic heterocycles. The minimum Gasteiger partial charge on any atom is -0.494 e. The fraction of sp³-hybridized carbons (Fsp3) is 0.588. The molecule has 1 atom stereocenters. The Morgan fingerprint density at radius 2 is 1.90 bits per heavy atom. The lowest BCUT2D eigenvalue weighted by molar-refractivity contribution is 0.164. The summed E-state index contributed by atoms with van der Waals surface area (Å²) in [7, 11) is 2.08. The average molecular weight is 272 g/mol. The summed E-state index contributed by atoms with van der Waals surface area (Å²) in [4.78, 5) is 2.24. The fourth-order valence-corrected chi connectivity index (χ4v) is 3.01. The molecule has 3 nitrogen and oxygen atoms in total. The summed E-state index contributed by atoms with van der Waals surface area (Å²) in [6, 6.07) is 10.8. The Labute approximate surface area is 122 Å². The predicted molar refractivity (Wildman–Crippen MR) is 80.6 cm³/mol. The molecule has 2 rings (SSSR count). The van der Waals surface area contributed by atoms with Crippen molar-refractivity contribution in [3.63, 3.8) is 0 Å². The molecule has 0 aromatic heterocycles. The van der Waals surface area contributed by atoms with E-state index in [0.29, 0.717) is 12.6 Å². The predicted octanol–water partition coefficient (Wildman–Crippen LogP) is 3.91. The molecule has 1 aromatic carbocycles. The second-order valence-corrected chi connectivity index (χ2v) is 5.49. The highest BCUT2D eigenvalue weighted by Crippen LogP contribution is 2.29. The van der Waals surface area contributed by atoms with Gasteiger partial charge in [0.05, 0.1) is 12.7 Å². The maximum Gasteiger partial charge on any atom is 0.123 e. The van der Waals surface area contributed by atoms with Crippen LogP contribution in [0.25, 0.3) is 0 Å². The van der Waals surface area contributed by atoms with Crippen LogP contribution < -0.4 is 4.74 Å². The Morgan fingerprint density at radius 3 is 2.45 bits per heavy atom. The third-order valence-corrected chi connectivity index (χ3v) is 4.19. The molecule has 1 aliphatic carbocycles. The molecule has 1 unspecified atom stereocenters. The Kier molecular flexibility index (Phi) is 5.43. The minimum absolute atomic E-state index is 0.159. The smallest absolute Gasteiger partial charge is 0.123 e. The summed E-state index contributed by atoms with van der Waals surface area (Å²) < 4.78 is 5.45. The van der Waals surface area contributed by atoms with Crippen LogP contribution in [0.3, 0.4) is 0 Å². The van der Waals surface area contributed by atoms with Crippen LogP contribution in [-0.2, 0) is 0 Å². The van der Waals surface area contributed by atoms with Crippen molar-refractivity contribution < 1.29 is 4.74 Å². The first-order chi connectivity index (χ1) is 9.76. The molecule has 0 saturated heterocycles. The van der Waals surface area contributed by atoms with Crippen LogP contribution in [-0.4, -0.2) is 24.6 Å². The van der Waals surface area contributed by atoms with Gasteiger partial charge in [0.1, 0.15) is 11.8 Å². The van der Waals surface area contributed by atoms with Crippen molar-refractivity contribution in [2.75, 3.05) is 13.7 Å². The normalized spacial score (nSPS) is 17.7. The summed E-state index contributed by atoms with van der Waals surface area (Å²) in [6.45, 7) is 2.64. The summed E-state index contributed by atoms with van der Waals surface area (Å²) in [5, 5.41) is 9.53. The average Bonchev–Trinajstić information content (AvgIpc) is 2.51. The molecule has 20 heavy (non-hydrogen) atoms. The number of nitriles is 1. The molecule has 0 spiro atoms. The molecule has 0 radical (unpaired) electrons. The number of rotatable bonds is 5. The maximum atomic E-state index is 9.53. The third kappa shape index (κ3) is 3.52. The maximum absolute atomic E-state index is 9.53. The molecule has 1 saturated carbocycles. The molecular formula is C17H24N2O. The highest BCUT2D eigenvalue weighted by Gasteiger charge is 2.25. The lowest BCUT2D eigenvalue weighted by atomic mass is 9.92. The van der Waals surface area contributed by atoms with Crippen LogP contribution in [0.2, 0.25) is 0 Å². The molecule has 0 bridgehead atoms. The molecular weight excluding hydrogens is 248 g/mol. The minimum atomic E-state index is -0.159. The van der Waals surface area contributed by atoms with Crippen LogP contribution in [0.15, 0.2) is 24.3 Å². The highest BCUT2D eigenvalue weighted by atomic mass is 16.5. The van der Waals surface area contributed by atoms with E-state index in [1.807, 2.05) is 31.2 Å². The van der Waals surface area contributed by atoms with Crippen LogP contribution in [0.4, 0.5) is 0 Å². The molecule has 0 heterocycles. The Hall–Kier alpha value is -1.53. The monoisotopic (exact) mass is 272 g/mol. The number of ether oxygens (including phenoxy) is 1. The van der Waals surface area contributed by atoms with Crippen molar-refractivity contribution >= 4 is 0 Å². The molecule has 1 aromatic rings. The van der Waals surface area contributed by atoms with E-state index in [1.165, 1.54) is 32.1 Å². The molecule has 1 aliphatic rings. The first-order valence-electron chi connectivity index (χ1n) is 7.60. The summed E-state index contributed by atoms with van der Waals surface area (Å²) in [6.07, 6.45) is 6.34. The zero-order chi connectivity index (χ0) is 14.4. The molecule has 0 N–H and O–H groups in total. The largest absolute Gasteiger partial charge is 0.494 e. The van der Waals surface area contributed by atoms with E-state index >= 15 is 0 Å². The summed E-state index contributed by atoms with van der Waals surface area (Å²) in [5.74, 6) is 0.869. The van der Waals surface area contributed by atoms with Gasteiger partial charge in [-0.2, -0.15) is 5.26 Å². The van der Waals surface area contributed by atoms with E-state index in [-0.39, 0.29) is 6.04 Å². The standard InChI is InChI=1S/C17H24N2O/c1-3-20-16-11-9-14(10-12-16)17(13-18)19(2)15-7-5-4-6-8-15/h9-12,15,17H,3-8H2,1-2H3. The SMILES string of the molecule is CCOc1ccc(C(C#N)N(C)C2CCCCC2)cc1. The van der Waals surface area contributed by atoms with Gasteiger partial charge >= 0.3 is 0 Å². The second kappa shape index (κ2) is 7.31. The van der Waals surface area contributed by atoms with Crippen LogP contribution >= 0.6 is 0 Å². The Balaban J connectivity index is 2.08. The quantitative estimate of drug-likeness (QED) is 0.815. The van der Waals surface area contributed by atoms with Crippen molar-refractivity contribution in [2.24, 2.45) is 0 Å². The summed E-state index contributed by atoms with van der Waals surface area (Å²) in [5.41, 5.74) is 1.06. The first-order valence-corrected chi connectivity index (χ1v) is 7.60. The van der Waals surface area contributed by atoms with Crippen LogP contribution in [0.1, 0.15) is 50.6 Å². The van der Waals surface area contributed by atoms with Gasteiger partial charge in [0, 0.05) is 6.04 Å². The topological polar surface area (TPSA) is 36.3 Å². The van der Waals surface area contributed by atoms with Gasteiger partial charge in [-0.05, 0) is 44.5 Å². The van der Waals surface area contributed by atoms with Crippen molar-refractivity contribution in [1.29, 1.82) is 5.26 Å². The number of benzene rings is 1. The van der Waals surface area contributed by atoms with Crippen molar-refractivity contribution in [3.05, 3.63) is 29.8 Å². The van der Waals surface area contributed by atoms with Gasteiger partial charge in [-0.3, -0.25) is 4.90 Å². The van der Waals surface area contributed by atoms with Gasteiger partial charge in [-0.1, -0.05) is 31.4 Å². The molecule has 0 amide bonds. The van der Waals surface area contributed by atoms with E-state index in [0.717, 1.165) is 11.3 Å². The van der Waals surface area contributed by atoms with Crippen molar-refractivity contribution in [3.8, 4) is 11.8 Å². The van der Waals surface area contributed by atoms with Gasteiger partial charge in [-0.25, -0.2) is 0 Å². The van der Waals surface area contributed by atoms with Crippen LogP contribution in [0, 0.1) is 11.3 Å². The van der Waals surface area contributed by atoms with Crippen molar-refractivity contribution in [1.82, 2.24) is 4.90 Å².